The fourth-order valence-electron chi connectivity index (χ4n) is 1.55. The number of rotatable bonds is 4. The van der Waals surface area contributed by atoms with Gasteiger partial charge in [0.05, 0.1) is 13.4 Å². The molecular formula is C13H12N2O5. The fourth-order valence-corrected chi connectivity index (χ4v) is 1.55. The zero-order chi connectivity index (χ0) is 14.5. The van der Waals surface area contributed by atoms with E-state index in [1.54, 1.807) is 24.3 Å². The fraction of sp³-hybridized carbons (Fsp3) is 0.154. The molecule has 7 nitrogen and oxygen atoms in total. The van der Waals surface area contributed by atoms with Crippen LogP contribution in [0.2, 0.25) is 0 Å². The Hall–Kier alpha value is -2.83. The van der Waals surface area contributed by atoms with E-state index in [1.165, 1.54) is 19.4 Å². The predicted octanol–water partition coefficient (Wildman–Crippen LogP) is 0.901. The van der Waals surface area contributed by atoms with Crippen molar-refractivity contribution in [1.82, 2.24) is 10.2 Å². The number of imide groups is 1. The van der Waals surface area contributed by atoms with Crippen molar-refractivity contribution < 1.29 is 23.5 Å². The Bertz CT molecular complexity index is 586. The van der Waals surface area contributed by atoms with Crippen molar-refractivity contribution in [2.45, 2.75) is 0 Å². The monoisotopic (exact) mass is 276 g/mol. The summed E-state index contributed by atoms with van der Waals surface area (Å²) in [5.41, 5.74) is 0.0849. The average molecular weight is 276 g/mol. The summed E-state index contributed by atoms with van der Waals surface area (Å²) in [6, 6.07) is 2.82. The van der Waals surface area contributed by atoms with Crippen LogP contribution in [-0.4, -0.2) is 36.5 Å². The number of hydrogen-bond donors (Lipinski definition) is 1. The highest BCUT2D eigenvalue weighted by Gasteiger charge is 2.34. The van der Waals surface area contributed by atoms with Crippen LogP contribution >= 0.6 is 0 Å². The van der Waals surface area contributed by atoms with Crippen LogP contribution in [0.4, 0.5) is 4.79 Å². The van der Waals surface area contributed by atoms with Gasteiger partial charge in [0.15, 0.2) is 0 Å². The lowest BCUT2D eigenvalue weighted by atomic mass is 10.3. The molecule has 0 saturated carbocycles. The molecule has 1 aromatic rings. The number of furan rings is 1. The summed E-state index contributed by atoms with van der Waals surface area (Å²) in [6.07, 6.45) is 6.15. The van der Waals surface area contributed by atoms with E-state index in [1.807, 2.05) is 0 Å². The first-order chi connectivity index (χ1) is 9.61. The van der Waals surface area contributed by atoms with Crippen LogP contribution < -0.4 is 5.32 Å². The highest BCUT2D eigenvalue weighted by atomic mass is 16.5. The van der Waals surface area contributed by atoms with Crippen LogP contribution in [0.5, 0.6) is 0 Å². The van der Waals surface area contributed by atoms with Crippen molar-refractivity contribution in [3.8, 4) is 0 Å². The minimum absolute atomic E-state index is 0.0849. The number of nitrogens with one attached hydrogen (secondary N) is 1. The lowest BCUT2D eigenvalue weighted by molar-refractivity contribution is -0.143. The number of esters is 1. The van der Waals surface area contributed by atoms with E-state index >= 15 is 0 Å². The number of carbonyl (C=O) groups is 3. The van der Waals surface area contributed by atoms with Gasteiger partial charge in [-0.25, -0.2) is 9.69 Å². The molecule has 1 aliphatic heterocycles. The molecule has 1 saturated heterocycles. The summed E-state index contributed by atoms with van der Waals surface area (Å²) in [7, 11) is 1.18. The Morgan fingerprint density at radius 2 is 2.30 bits per heavy atom. The van der Waals surface area contributed by atoms with E-state index in [0.717, 1.165) is 4.90 Å². The Morgan fingerprint density at radius 3 is 2.95 bits per heavy atom. The second-order valence-electron chi connectivity index (χ2n) is 3.85. The van der Waals surface area contributed by atoms with Gasteiger partial charge in [0, 0.05) is 0 Å². The van der Waals surface area contributed by atoms with Gasteiger partial charge in [0.2, 0.25) is 0 Å². The van der Waals surface area contributed by atoms with Crippen molar-refractivity contribution in [2.24, 2.45) is 0 Å². The number of amides is 3. The summed E-state index contributed by atoms with van der Waals surface area (Å²) < 4.78 is 9.49. The minimum atomic E-state index is -0.666. The maximum atomic E-state index is 11.9. The molecule has 1 aliphatic rings. The van der Waals surface area contributed by atoms with Crippen LogP contribution in [-0.2, 0) is 14.3 Å². The van der Waals surface area contributed by atoms with Crippen molar-refractivity contribution in [2.75, 3.05) is 13.7 Å². The summed E-state index contributed by atoms with van der Waals surface area (Å²) >= 11 is 0. The molecule has 0 atom stereocenters. The largest absolute Gasteiger partial charge is 0.468 e. The van der Waals surface area contributed by atoms with Crippen LogP contribution in [0.1, 0.15) is 5.76 Å². The topological polar surface area (TPSA) is 88.8 Å². The SMILES string of the molecule is COC(=O)CN1C(=O)NC(=CC=Cc2ccco2)C1=O. The highest BCUT2D eigenvalue weighted by Crippen LogP contribution is 2.10. The van der Waals surface area contributed by atoms with Gasteiger partial charge in [0.25, 0.3) is 5.91 Å². The maximum Gasteiger partial charge on any atom is 0.329 e. The summed E-state index contributed by atoms with van der Waals surface area (Å²) in [5.74, 6) is -0.629. The average Bonchev–Trinajstić information content (AvgIpc) is 3.03. The first kappa shape index (κ1) is 13.6. The molecule has 0 spiro atoms. The van der Waals surface area contributed by atoms with Crippen LogP contribution in [0.15, 0.2) is 40.7 Å². The van der Waals surface area contributed by atoms with Gasteiger partial charge in [-0.15, -0.1) is 0 Å². The van der Waals surface area contributed by atoms with E-state index in [2.05, 4.69) is 10.1 Å². The zero-order valence-corrected chi connectivity index (χ0v) is 10.7. The molecular weight excluding hydrogens is 264 g/mol. The lowest BCUT2D eigenvalue weighted by Gasteiger charge is -2.08. The molecule has 3 amide bonds. The molecule has 0 bridgehead atoms. The molecule has 104 valence electrons. The molecule has 7 heteroatoms. The molecule has 2 rings (SSSR count). The number of hydrogen-bond acceptors (Lipinski definition) is 5. The number of allylic oxidation sites excluding steroid dienone is 2. The van der Waals surface area contributed by atoms with Crippen molar-refractivity contribution in [3.63, 3.8) is 0 Å². The molecule has 0 unspecified atom stereocenters. The Labute approximate surface area is 114 Å². The Balaban J connectivity index is 2.05. The summed E-state index contributed by atoms with van der Waals surface area (Å²) in [5, 5.41) is 2.37. The quantitative estimate of drug-likeness (QED) is 0.501. The second-order valence-corrected chi connectivity index (χ2v) is 3.85. The molecule has 2 heterocycles. The van der Waals surface area contributed by atoms with Gasteiger partial charge in [-0.05, 0) is 24.3 Å². The zero-order valence-electron chi connectivity index (χ0n) is 10.7. The number of carbonyl (C=O) groups excluding carboxylic acids is 3. The summed E-state index contributed by atoms with van der Waals surface area (Å²) in [4.78, 5) is 35.3. The number of ether oxygens (including phenoxy) is 1. The number of nitrogens with zero attached hydrogens (tertiary/aromatic N) is 1. The summed E-state index contributed by atoms with van der Waals surface area (Å²) in [6.45, 7) is -0.416. The maximum absolute atomic E-state index is 11.9. The van der Waals surface area contributed by atoms with E-state index < -0.39 is 24.5 Å². The van der Waals surface area contributed by atoms with Gasteiger partial charge >= 0.3 is 12.0 Å². The van der Waals surface area contributed by atoms with E-state index in [-0.39, 0.29) is 5.70 Å². The van der Waals surface area contributed by atoms with Crippen molar-refractivity contribution in [1.29, 1.82) is 0 Å². The third-order valence-electron chi connectivity index (χ3n) is 2.54. The third kappa shape index (κ3) is 2.94. The molecule has 1 fully saturated rings. The standard InChI is InChI=1S/C13H12N2O5/c1-19-11(16)8-15-12(17)10(14-13(15)18)6-2-4-9-5-3-7-20-9/h2-7H,8H2,1H3,(H,14,18). The second kappa shape index (κ2) is 5.87. The molecule has 20 heavy (non-hydrogen) atoms. The molecule has 1 aromatic heterocycles. The number of urea groups is 1. The molecule has 0 radical (unpaired) electrons. The van der Waals surface area contributed by atoms with Gasteiger partial charge in [-0.3, -0.25) is 9.59 Å². The Morgan fingerprint density at radius 1 is 1.50 bits per heavy atom. The highest BCUT2D eigenvalue weighted by molar-refractivity contribution is 6.13. The van der Waals surface area contributed by atoms with Gasteiger partial charge in [0.1, 0.15) is 18.0 Å². The predicted molar refractivity (Wildman–Crippen MR) is 68.1 cm³/mol. The van der Waals surface area contributed by atoms with Gasteiger partial charge in [-0.2, -0.15) is 0 Å². The number of methoxy groups -OCH3 is 1. The van der Waals surface area contributed by atoms with Gasteiger partial charge < -0.3 is 14.5 Å². The van der Waals surface area contributed by atoms with E-state index in [4.69, 9.17) is 4.42 Å². The molecule has 0 aromatic carbocycles. The Kier molecular flexibility index (Phi) is 3.99. The van der Waals surface area contributed by atoms with Crippen molar-refractivity contribution >= 4 is 24.0 Å². The normalized spacial score (nSPS) is 17.1. The first-order valence-corrected chi connectivity index (χ1v) is 5.73. The lowest BCUT2D eigenvalue weighted by Crippen LogP contribution is -2.36. The molecule has 0 aliphatic carbocycles. The van der Waals surface area contributed by atoms with Crippen LogP contribution in [0, 0.1) is 0 Å². The van der Waals surface area contributed by atoms with E-state index in [0.29, 0.717) is 5.76 Å². The molecule has 1 N–H and O–H groups in total. The van der Waals surface area contributed by atoms with Crippen LogP contribution in [0.3, 0.4) is 0 Å². The van der Waals surface area contributed by atoms with Gasteiger partial charge in [-0.1, -0.05) is 6.08 Å². The smallest absolute Gasteiger partial charge is 0.329 e. The van der Waals surface area contributed by atoms with E-state index in [9.17, 15) is 14.4 Å². The first-order valence-electron chi connectivity index (χ1n) is 5.73. The third-order valence-corrected chi connectivity index (χ3v) is 2.54. The van der Waals surface area contributed by atoms with Crippen LogP contribution in [0.25, 0.3) is 6.08 Å². The minimum Gasteiger partial charge on any atom is -0.468 e. The van der Waals surface area contributed by atoms with Crippen molar-refractivity contribution in [3.05, 3.63) is 42.0 Å².